The smallest absolute Gasteiger partial charge is 0.128 e. The molecule has 0 saturated carbocycles. The van der Waals surface area contributed by atoms with E-state index in [9.17, 15) is 0 Å². The van der Waals surface area contributed by atoms with Crippen LogP contribution < -0.4 is 11.1 Å². The van der Waals surface area contributed by atoms with Crippen LogP contribution in [0.4, 0.5) is 5.82 Å². The quantitative estimate of drug-likeness (QED) is 0.810. The lowest BCUT2D eigenvalue weighted by atomic mass is 9.79. The van der Waals surface area contributed by atoms with E-state index in [1.165, 1.54) is 25.9 Å². The summed E-state index contributed by atoms with van der Waals surface area (Å²) in [6.07, 6.45) is 6.63. The fraction of sp³-hybridized carbons (Fsp3) is 0.706. The lowest BCUT2D eigenvalue weighted by Crippen LogP contribution is -2.55. The summed E-state index contributed by atoms with van der Waals surface area (Å²) in [5.41, 5.74) is 7.46. The van der Waals surface area contributed by atoms with E-state index in [2.05, 4.69) is 42.0 Å². The zero-order chi connectivity index (χ0) is 15.3. The Morgan fingerprint density at radius 3 is 2.48 bits per heavy atom. The van der Waals surface area contributed by atoms with Crippen LogP contribution in [0.3, 0.4) is 0 Å². The molecule has 1 fully saturated rings. The molecule has 2 rings (SSSR count). The van der Waals surface area contributed by atoms with Gasteiger partial charge in [-0.25, -0.2) is 4.98 Å². The van der Waals surface area contributed by atoms with Gasteiger partial charge in [0, 0.05) is 17.3 Å². The van der Waals surface area contributed by atoms with Gasteiger partial charge in [-0.3, -0.25) is 4.90 Å². The minimum atomic E-state index is 0.129. The molecule has 0 aromatic carbocycles. The van der Waals surface area contributed by atoms with Crippen molar-refractivity contribution in [3.05, 3.63) is 23.9 Å². The lowest BCUT2D eigenvalue weighted by molar-refractivity contribution is 0.0624. The maximum Gasteiger partial charge on any atom is 0.128 e. The predicted octanol–water partition coefficient (Wildman–Crippen LogP) is 2.97. The van der Waals surface area contributed by atoms with Gasteiger partial charge in [-0.15, -0.1) is 0 Å². The van der Waals surface area contributed by atoms with Crippen LogP contribution in [0.2, 0.25) is 0 Å². The topological polar surface area (TPSA) is 54.2 Å². The Morgan fingerprint density at radius 2 is 1.95 bits per heavy atom. The SMILES string of the molecule is CCNC(c1cccnc1N)C(CC)(CC)N1CCCC1. The number of nitrogen functional groups attached to an aromatic ring is 1. The number of nitrogens with zero attached hydrogens (tertiary/aromatic N) is 2. The molecule has 4 nitrogen and oxygen atoms in total. The number of aromatic nitrogens is 1. The normalized spacial score (nSPS) is 18.0. The van der Waals surface area contributed by atoms with E-state index < -0.39 is 0 Å². The van der Waals surface area contributed by atoms with Gasteiger partial charge in [-0.2, -0.15) is 0 Å². The van der Waals surface area contributed by atoms with Gasteiger partial charge in [-0.1, -0.05) is 26.8 Å². The molecule has 0 aliphatic carbocycles. The van der Waals surface area contributed by atoms with Crippen molar-refractivity contribution in [1.82, 2.24) is 15.2 Å². The summed E-state index contributed by atoms with van der Waals surface area (Å²) >= 11 is 0. The van der Waals surface area contributed by atoms with Gasteiger partial charge in [0.05, 0.1) is 6.04 Å². The summed E-state index contributed by atoms with van der Waals surface area (Å²) in [5.74, 6) is 0.661. The summed E-state index contributed by atoms with van der Waals surface area (Å²) in [4.78, 5) is 6.98. The average molecular weight is 290 g/mol. The first-order chi connectivity index (χ1) is 10.2. The van der Waals surface area contributed by atoms with Crippen molar-refractivity contribution in [2.45, 2.75) is 58.0 Å². The first-order valence-electron chi connectivity index (χ1n) is 8.38. The van der Waals surface area contributed by atoms with Gasteiger partial charge in [0.2, 0.25) is 0 Å². The van der Waals surface area contributed by atoms with Crippen molar-refractivity contribution >= 4 is 5.82 Å². The highest BCUT2D eigenvalue weighted by atomic mass is 15.2. The van der Waals surface area contributed by atoms with E-state index in [0.29, 0.717) is 5.82 Å². The highest BCUT2D eigenvalue weighted by Gasteiger charge is 2.43. The van der Waals surface area contributed by atoms with Gasteiger partial charge in [0.1, 0.15) is 5.82 Å². The van der Waals surface area contributed by atoms with E-state index in [0.717, 1.165) is 24.9 Å². The lowest BCUT2D eigenvalue weighted by Gasteiger charge is -2.47. The van der Waals surface area contributed by atoms with Crippen molar-refractivity contribution < 1.29 is 0 Å². The fourth-order valence-electron chi connectivity index (χ4n) is 3.92. The molecule has 1 aliphatic heterocycles. The van der Waals surface area contributed by atoms with E-state index in [1.807, 2.05) is 6.07 Å². The molecular weight excluding hydrogens is 260 g/mol. The standard InChI is InChI=1S/C17H30N4/c1-4-17(5-2,21-12-7-8-13-21)15(19-6-3)14-10-9-11-20-16(14)18/h9-11,15,19H,4-8,12-13H2,1-3H3,(H2,18,20). The number of anilines is 1. The molecule has 1 atom stereocenters. The molecule has 2 heterocycles. The summed E-state index contributed by atoms with van der Waals surface area (Å²) in [6.45, 7) is 10.1. The van der Waals surface area contributed by atoms with Crippen molar-refractivity contribution in [3.8, 4) is 0 Å². The van der Waals surface area contributed by atoms with E-state index >= 15 is 0 Å². The van der Waals surface area contributed by atoms with Crippen LogP contribution in [-0.2, 0) is 0 Å². The molecule has 1 aliphatic rings. The largest absolute Gasteiger partial charge is 0.383 e. The number of rotatable bonds is 7. The maximum atomic E-state index is 6.19. The Balaban J connectivity index is 2.43. The zero-order valence-corrected chi connectivity index (χ0v) is 13.7. The molecule has 0 bridgehead atoms. The summed E-state index contributed by atoms with van der Waals surface area (Å²) < 4.78 is 0. The second kappa shape index (κ2) is 7.23. The highest BCUT2D eigenvalue weighted by Crippen LogP contribution is 2.40. The Kier molecular flexibility index (Phi) is 5.59. The second-order valence-corrected chi connectivity index (χ2v) is 5.97. The van der Waals surface area contributed by atoms with Crippen LogP contribution in [0.15, 0.2) is 18.3 Å². The Morgan fingerprint density at radius 1 is 1.29 bits per heavy atom. The van der Waals surface area contributed by atoms with Crippen molar-refractivity contribution in [2.75, 3.05) is 25.4 Å². The number of likely N-dealkylation sites (N-methyl/N-ethyl adjacent to an activating group) is 1. The second-order valence-electron chi connectivity index (χ2n) is 5.97. The predicted molar refractivity (Wildman–Crippen MR) is 89.2 cm³/mol. The third kappa shape index (κ3) is 3.06. The van der Waals surface area contributed by atoms with Crippen LogP contribution in [-0.4, -0.2) is 35.1 Å². The molecule has 21 heavy (non-hydrogen) atoms. The number of hydrogen-bond donors (Lipinski definition) is 2. The Bertz CT molecular complexity index is 436. The molecular formula is C17H30N4. The van der Waals surface area contributed by atoms with Gasteiger partial charge in [0.25, 0.3) is 0 Å². The number of hydrogen-bond acceptors (Lipinski definition) is 4. The molecule has 3 N–H and O–H groups in total. The van der Waals surface area contributed by atoms with Gasteiger partial charge in [0.15, 0.2) is 0 Å². The van der Waals surface area contributed by atoms with Crippen LogP contribution in [0.5, 0.6) is 0 Å². The Labute approximate surface area is 129 Å². The zero-order valence-electron chi connectivity index (χ0n) is 13.7. The van der Waals surface area contributed by atoms with E-state index in [4.69, 9.17) is 5.73 Å². The van der Waals surface area contributed by atoms with Crippen molar-refractivity contribution in [3.63, 3.8) is 0 Å². The minimum Gasteiger partial charge on any atom is -0.383 e. The monoisotopic (exact) mass is 290 g/mol. The third-order valence-corrected chi connectivity index (χ3v) is 5.09. The van der Waals surface area contributed by atoms with E-state index in [1.54, 1.807) is 6.20 Å². The molecule has 4 heteroatoms. The highest BCUT2D eigenvalue weighted by molar-refractivity contribution is 5.42. The van der Waals surface area contributed by atoms with Crippen LogP contribution >= 0.6 is 0 Å². The molecule has 118 valence electrons. The number of nitrogens with one attached hydrogen (secondary N) is 1. The Hall–Kier alpha value is -1.13. The minimum absolute atomic E-state index is 0.129. The average Bonchev–Trinajstić information content (AvgIpc) is 3.04. The summed E-state index contributed by atoms with van der Waals surface area (Å²) in [7, 11) is 0. The number of nitrogens with two attached hydrogens (primary N) is 1. The first-order valence-corrected chi connectivity index (χ1v) is 8.38. The fourth-order valence-corrected chi connectivity index (χ4v) is 3.92. The molecule has 1 aromatic rings. The third-order valence-electron chi connectivity index (χ3n) is 5.09. The van der Waals surface area contributed by atoms with Gasteiger partial charge < -0.3 is 11.1 Å². The van der Waals surface area contributed by atoms with Gasteiger partial charge >= 0.3 is 0 Å². The number of likely N-dealkylation sites (tertiary alicyclic amines) is 1. The van der Waals surface area contributed by atoms with Crippen LogP contribution in [0.1, 0.15) is 58.1 Å². The van der Waals surface area contributed by atoms with Crippen molar-refractivity contribution in [2.24, 2.45) is 0 Å². The maximum absolute atomic E-state index is 6.19. The number of pyridine rings is 1. The summed E-state index contributed by atoms with van der Waals surface area (Å²) in [5, 5.41) is 3.70. The van der Waals surface area contributed by atoms with Crippen molar-refractivity contribution in [1.29, 1.82) is 0 Å². The molecule has 0 radical (unpaired) electrons. The molecule has 0 amide bonds. The molecule has 1 saturated heterocycles. The van der Waals surface area contributed by atoms with E-state index in [-0.39, 0.29) is 11.6 Å². The van der Waals surface area contributed by atoms with Gasteiger partial charge in [-0.05, 0) is 51.4 Å². The van der Waals surface area contributed by atoms with Crippen LogP contribution in [0, 0.1) is 0 Å². The molecule has 1 aromatic heterocycles. The van der Waals surface area contributed by atoms with Crippen LogP contribution in [0.25, 0.3) is 0 Å². The first kappa shape index (κ1) is 16.2. The molecule has 0 spiro atoms. The molecule has 1 unspecified atom stereocenters. The summed E-state index contributed by atoms with van der Waals surface area (Å²) in [6, 6.07) is 4.37.